The lowest BCUT2D eigenvalue weighted by Gasteiger charge is -2.43. The fourth-order valence-corrected chi connectivity index (χ4v) is 3.57. The fourth-order valence-electron chi connectivity index (χ4n) is 3.57. The van der Waals surface area contributed by atoms with Crippen LogP contribution in [-0.2, 0) is 17.7 Å². The maximum atomic E-state index is 12.4. The molecule has 132 valence electrons. The monoisotopic (exact) mass is 332 g/mol. The fraction of sp³-hybridized carbons (Fsp3) is 0.632. The molecule has 2 aliphatic heterocycles. The number of rotatable bonds is 1. The molecule has 5 nitrogen and oxygen atoms in total. The van der Waals surface area contributed by atoms with E-state index < -0.39 is 11.7 Å². The molecule has 1 N–H and O–H groups in total. The van der Waals surface area contributed by atoms with E-state index in [1.165, 1.54) is 11.1 Å². The Balaban J connectivity index is 1.68. The van der Waals surface area contributed by atoms with Gasteiger partial charge in [0.2, 0.25) is 0 Å². The van der Waals surface area contributed by atoms with Crippen molar-refractivity contribution in [3.05, 3.63) is 35.4 Å². The number of benzene rings is 1. The average Bonchev–Trinajstić information content (AvgIpc) is 2.53. The van der Waals surface area contributed by atoms with Gasteiger partial charge in [0.15, 0.2) is 0 Å². The Morgan fingerprint density at radius 1 is 1.21 bits per heavy atom. The van der Waals surface area contributed by atoms with Crippen LogP contribution in [0.2, 0.25) is 0 Å². The molecule has 0 spiro atoms. The summed E-state index contributed by atoms with van der Waals surface area (Å²) in [5.41, 5.74) is 2.22. The second kappa shape index (κ2) is 6.73. The van der Waals surface area contributed by atoms with Crippen LogP contribution in [0.5, 0.6) is 0 Å². The van der Waals surface area contributed by atoms with Gasteiger partial charge in [0, 0.05) is 26.2 Å². The van der Waals surface area contributed by atoms with E-state index in [0.29, 0.717) is 19.5 Å². The van der Waals surface area contributed by atoms with E-state index >= 15 is 0 Å². The largest absolute Gasteiger partial charge is 0.444 e. The number of aliphatic hydroxyl groups excluding tert-OH is 1. The van der Waals surface area contributed by atoms with Crippen molar-refractivity contribution in [1.82, 2.24) is 9.80 Å². The summed E-state index contributed by atoms with van der Waals surface area (Å²) in [6, 6.07) is 8.44. The molecular weight excluding hydrogens is 304 g/mol. The van der Waals surface area contributed by atoms with Crippen molar-refractivity contribution in [3.63, 3.8) is 0 Å². The Morgan fingerprint density at radius 3 is 2.62 bits per heavy atom. The first-order valence-corrected chi connectivity index (χ1v) is 8.80. The summed E-state index contributed by atoms with van der Waals surface area (Å²) >= 11 is 0. The van der Waals surface area contributed by atoms with Gasteiger partial charge in [-0.1, -0.05) is 24.3 Å². The minimum Gasteiger partial charge on any atom is -0.444 e. The minimum atomic E-state index is -0.493. The molecule has 2 aliphatic rings. The average molecular weight is 332 g/mol. The lowest BCUT2D eigenvalue weighted by Crippen LogP contribution is -2.57. The van der Waals surface area contributed by atoms with E-state index in [-0.39, 0.29) is 12.1 Å². The predicted octanol–water partition coefficient (Wildman–Crippen LogP) is 2.42. The molecule has 2 heterocycles. The van der Waals surface area contributed by atoms with Crippen LogP contribution in [0.4, 0.5) is 4.79 Å². The van der Waals surface area contributed by atoms with E-state index in [0.717, 1.165) is 19.5 Å². The summed E-state index contributed by atoms with van der Waals surface area (Å²) in [5.74, 6) is 0. The molecule has 0 unspecified atom stereocenters. The predicted molar refractivity (Wildman–Crippen MR) is 92.8 cm³/mol. The first kappa shape index (κ1) is 17.2. The number of fused-ring (bicyclic) bond motifs is 1. The second-order valence-corrected chi connectivity index (χ2v) is 7.84. The van der Waals surface area contributed by atoms with Gasteiger partial charge in [-0.05, 0) is 44.7 Å². The molecule has 2 atom stereocenters. The topological polar surface area (TPSA) is 53.0 Å². The van der Waals surface area contributed by atoms with Gasteiger partial charge in [-0.3, -0.25) is 4.90 Å². The molecule has 1 saturated heterocycles. The van der Waals surface area contributed by atoms with Crippen molar-refractivity contribution in [2.45, 2.75) is 57.9 Å². The smallest absolute Gasteiger partial charge is 0.410 e. The number of hydrogen-bond donors (Lipinski definition) is 1. The van der Waals surface area contributed by atoms with Crippen molar-refractivity contribution in [1.29, 1.82) is 0 Å². The highest BCUT2D eigenvalue weighted by Gasteiger charge is 2.36. The quantitative estimate of drug-likeness (QED) is 0.858. The minimum absolute atomic E-state index is 0.0281. The van der Waals surface area contributed by atoms with Gasteiger partial charge in [-0.25, -0.2) is 4.79 Å². The van der Waals surface area contributed by atoms with Gasteiger partial charge in [-0.15, -0.1) is 0 Å². The number of carbonyl (C=O) groups excluding carboxylic acids is 1. The number of likely N-dealkylation sites (tertiary alicyclic amines) is 1. The van der Waals surface area contributed by atoms with Gasteiger partial charge < -0.3 is 14.7 Å². The van der Waals surface area contributed by atoms with Crippen LogP contribution in [0.1, 0.15) is 38.3 Å². The van der Waals surface area contributed by atoms with Crippen molar-refractivity contribution >= 4 is 6.09 Å². The highest BCUT2D eigenvalue weighted by atomic mass is 16.6. The van der Waals surface area contributed by atoms with Crippen molar-refractivity contribution in [2.75, 3.05) is 19.6 Å². The van der Waals surface area contributed by atoms with Crippen LogP contribution in [-0.4, -0.2) is 58.4 Å². The number of aliphatic hydroxyl groups is 1. The molecule has 0 bridgehead atoms. The summed E-state index contributed by atoms with van der Waals surface area (Å²) in [6.07, 6.45) is 0.916. The molecule has 1 amide bonds. The van der Waals surface area contributed by atoms with Crippen LogP contribution in [0.3, 0.4) is 0 Å². The summed E-state index contributed by atoms with van der Waals surface area (Å²) in [4.78, 5) is 16.4. The Bertz CT molecular complexity index is 597. The van der Waals surface area contributed by atoms with Gasteiger partial charge in [-0.2, -0.15) is 0 Å². The lowest BCUT2D eigenvalue weighted by molar-refractivity contribution is -0.0307. The van der Waals surface area contributed by atoms with Gasteiger partial charge in [0.1, 0.15) is 5.60 Å². The van der Waals surface area contributed by atoms with E-state index in [1.807, 2.05) is 20.8 Å². The summed E-state index contributed by atoms with van der Waals surface area (Å²) in [5, 5.41) is 10.5. The normalized spacial score (nSPS) is 25.2. The van der Waals surface area contributed by atoms with Gasteiger partial charge >= 0.3 is 6.09 Å². The highest BCUT2D eigenvalue weighted by molar-refractivity contribution is 5.68. The maximum absolute atomic E-state index is 12.4. The number of piperidine rings is 1. The van der Waals surface area contributed by atoms with E-state index in [1.54, 1.807) is 4.90 Å². The van der Waals surface area contributed by atoms with E-state index in [2.05, 4.69) is 29.2 Å². The molecule has 0 aliphatic carbocycles. The molecule has 5 heteroatoms. The van der Waals surface area contributed by atoms with Crippen molar-refractivity contribution in [2.24, 2.45) is 0 Å². The van der Waals surface area contributed by atoms with Crippen molar-refractivity contribution < 1.29 is 14.6 Å². The number of nitrogens with zero attached hydrogens (tertiary/aromatic N) is 2. The second-order valence-electron chi connectivity index (χ2n) is 7.84. The van der Waals surface area contributed by atoms with Crippen LogP contribution >= 0.6 is 0 Å². The Morgan fingerprint density at radius 2 is 1.92 bits per heavy atom. The van der Waals surface area contributed by atoms with Gasteiger partial charge in [0.05, 0.1) is 12.1 Å². The van der Waals surface area contributed by atoms with Crippen LogP contribution in [0, 0.1) is 0 Å². The summed E-state index contributed by atoms with van der Waals surface area (Å²) in [6.45, 7) is 8.46. The first-order chi connectivity index (χ1) is 11.3. The lowest BCUT2D eigenvalue weighted by atomic mass is 9.94. The number of carbonyl (C=O) groups is 1. The first-order valence-electron chi connectivity index (χ1n) is 8.80. The van der Waals surface area contributed by atoms with Crippen LogP contribution < -0.4 is 0 Å². The SMILES string of the molecule is CC(C)(C)OC(=O)N1CC[C@@H](O)[C@H](N2CCc3ccccc3C2)C1. The zero-order valence-corrected chi connectivity index (χ0v) is 14.9. The molecule has 1 aromatic carbocycles. The molecular formula is C19H28N2O3. The number of ether oxygens (including phenoxy) is 1. The molecule has 3 rings (SSSR count). The third-order valence-corrected chi connectivity index (χ3v) is 4.83. The summed E-state index contributed by atoms with van der Waals surface area (Å²) < 4.78 is 5.49. The molecule has 0 saturated carbocycles. The molecule has 24 heavy (non-hydrogen) atoms. The maximum Gasteiger partial charge on any atom is 0.410 e. The standard InChI is InChI=1S/C19H28N2O3/c1-19(2,3)24-18(23)21-11-9-17(22)16(13-21)20-10-8-14-6-4-5-7-15(14)12-20/h4-7,16-17,22H,8-13H2,1-3H3/t16-,17-/m1/s1. The van der Waals surface area contributed by atoms with Crippen LogP contribution in [0.25, 0.3) is 0 Å². The Kier molecular flexibility index (Phi) is 4.83. The highest BCUT2D eigenvalue weighted by Crippen LogP contribution is 2.25. The molecule has 1 fully saturated rings. The molecule has 0 aromatic heterocycles. The van der Waals surface area contributed by atoms with Gasteiger partial charge in [0.25, 0.3) is 0 Å². The third kappa shape index (κ3) is 3.90. The molecule has 1 aromatic rings. The zero-order valence-electron chi connectivity index (χ0n) is 14.9. The van der Waals surface area contributed by atoms with E-state index in [4.69, 9.17) is 4.74 Å². The summed E-state index contributed by atoms with van der Waals surface area (Å²) in [7, 11) is 0. The molecule has 0 radical (unpaired) electrons. The number of amides is 1. The Labute approximate surface area is 144 Å². The van der Waals surface area contributed by atoms with Crippen molar-refractivity contribution in [3.8, 4) is 0 Å². The Hall–Kier alpha value is -1.59. The number of hydrogen-bond acceptors (Lipinski definition) is 4. The van der Waals surface area contributed by atoms with Crippen LogP contribution in [0.15, 0.2) is 24.3 Å². The third-order valence-electron chi connectivity index (χ3n) is 4.83. The zero-order chi connectivity index (χ0) is 17.3. The van der Waals surface area contributed by atoms with E-state index in [9.17, 15) is 9.90 Å².